The van der Waals surface area contributed by atoms with Crippen molar-refractivity contribution < 1.29 is 16.8 Å². The zero-order valence-electron chi connectivity index (χ0n) is 17.5. The fourth-order valence-corrected chi connectivity index (χ4v) is 6.63. The first-order chi connectivity index (χ1) is 14.6. The first-order valence-corrected chi connectivity index (χ1v) is 12.9. The highest BCUT2D eigenvalue weighted by atomic mass is 32.2. The van der Waals surface area contributed by atoms with Crippen LogP contribution in [-0.4, -0.2) is 21.2 Å². The molecule has 7 heteroatoms. The lowest BCUT2D eigenvalue weighted by Crippen LogP contribution is -2.07. The van der Waals surface area contributed by atoms with Crippen molar-refractivity contribution >= 4 is 25.2 Å². The zero-order valence-corrected chi connectivity index (χ0v) is 19.1. The van der Waals surface area contributed by atoms with Gasteiger partial charge in [-0.2, -0.15) is 0 Å². The molecule has 0 saturated carbocycles. The minimum Gasteiger partial charge on any atom is -0.322 e. The molecule has 31 heavy (non-hydrogen) atoms. The average molecular weight is 454 g/mol. The van der Waals surface area contributed by atoms with E-state index in [0.29, 0.717) is 5.52 Å². The van der Waals surface area contributed by atoms with Crippen molar-refractivity contribution in [2.24, 2.45) is 0 Å². The summed E-state index contributed by atoms with van der Waals surface area (Å²) >= 11 is 0. The molecule has 0 spiro atoms. The van der Waals surface area contributed by atoms with Gasteiger partial charge < -0.3 is 4.40 Å². The Morgan fingerprint density at radius 2 is 1.23 bits per heavy atom. The van der Waals surface area contributed by atoms with Crippen molar-refractivity contribution in [2.75, 3.05) is 0 Å². The lowest BCUT2D eigenvalue weighted by Gasteiger charge is -2.10. The highest BCUT2D eigenvalue weighted by Crippen LogP contribution is 2.34. The number of sulfone groups is 2. The molecule has 0 atom stereocenters. The van der Waals surface area contributed by atoms with Crippen LogP contribution >= 0.6 is 0 Å². The molecule has 0 aliphatic carbocycles. The molecule has 0 bridgehead atoms. The molecule has 2 aromatic heterocycles. The van der Waals surface area contributed by atoms with Gasteiger partial charge in [0.05, 0.1) is 20.2 Å². The number of hydrogen-bond donors (Lipinski definition) is 0. The van der Waals surface area contributed by atoms with Gasteiger partial charge in [0.1, 0.15) is 4.90 Å². The summed E-state index contributed by atoms with van der Waals surface area (Å²) in [4.78, 5) is 0.557. The largest absolute Gasteiger partial charge is 0.322 e. The minimum absolute atomic E-state index is 0.00543. The molecule has 0 unspecified atom stereocenters. The summed E-state index contributed by atoms with van der Waals surface area (Å²) in [6, 6.07) is 17.4. The molecule has 4 rings (SSSR count). The Bertz CT molecular complexity index is 1460. The van der Waals surface area contributed by atoms with Gasteiger partial charge in [-0.05, 0) is 66.9 Å². The fourth-order valence-electron chi connectivity index (χ4n) is 3.59. The van der Waals surface area contributed by atoms with Crippen LogP contribution in [0.15, 0.2) is 98.7 Å². The van der Waals surface area contributed by atoms with Gasteiger partial charge in [-0.1, -0.05) is 37.6 Å². The van der Waals surface area contributed by atoms with Gasteiger partial charge in [0, 0.05) is 12.4 Å². The number of aryl methyl sites for hydroxylation is 1. The quantitative estimate of drug-likeness (QED) is 0.425. The van der Waals surface area contributed by atoms with Crippen molar-refractivity contribution in [2.45, 2.75) is 46.3 Å². The molecule has 0 aliphatic rings. The van der Waals surface area contributed by atoms with Crippen molar-refractivity contribution in [3.63, 3.8) is 0 Å². The van der Waals surface area contributed by atoms with Gasteiger partial charge >= 0.3 is 0 Å². The number of rotatable bonds is 5. The highest BCUT2D eigenvalue weighted by molar-refractivity contribution is 7.92. The van der Waals surface area contributed by atoms with Gasteiger partial charge in [-0.25, -0.2) is 16.8 Å². The van der Waals surface area contributed by atoms with Crippen molar-refractivity contribution in [1.29, 1.82) is 0 Å². The first kappa shape index (κ1) is 21.3. The van der Waals surface area contributed by atoms with E-state index >= 15 is 0 Å². The van der Waals surface area contributed by atoms with Crippen LogP contribution in [0.3, 0.4) is 0 Å². The lowest BCUT2D eigenvalue weighted by atomic mass is 10.1. The Kier molecular flexibility index (Phi) is 5.27. The third kappa shape index (κ3) is 3.68. The number of hydrogen-bond acceptors (Lipinski definition) is 4. The van der Waals surface area contributed by atoms with E-state index < -0.39 is 19.7 Å². The van der Waals surface area contributed by atoms with Crippen LogP contribution in [0.4, 0.5) is 0 Å². The molecule has 0 N–H and O–H groups in total. The SMILES string of the molecule is Cc1ccc(S(=O)(=O)c2ccc(S(=O)(=O)c3c(C(C)C)cn4ccccc34)cc2)cc1. The molecule has 2 aromatic carbocycles. The maximum atomic E-state index is 13.5. The lowest BCUT2D eigenvalue weighted by molar-refractivity contribution is 0.592. The molecule has 0 amide bonds. The summed E-state index contributed by atoms with van der Waals surface area (Å²) in [6.07, 6.45) is 3.65. The Morgan fingerprint density at radius 1 is 0.710 bits per heavy atom. The van der Waals surface area contributed by atoms with Gasteiger partial charge in [-0.3, -0.25) is 0 Å². The Labute approximate surface area is 182 Å². The van der Waals surface area contributed by atoms with Crippen molar-refractivity contribution in [3.05, 3.63) is 90.3 Å². The fraction of sp³-hybridized carbons (Fsp3) is 0.167. The smallest absolute Gasteiger partial charge is 0.209 e. The van der Waals surface area contributed by atoms with E-state index in [1.165, 1.54) is 24.3 Å². The van der Waals surface area contributed by atoms with E-state index in [1.54, 1.807) is 40.8 Å². The zero-order chi connectivity index (χ0) is 22.4. The monoisotopic (exact) mass is 453 g/mol. The summed E-state index contributed by atoms with van der Waals surface area (Å²) in [5.41, 5.74) is 2.28. The normalized spacial score (nSPS) is 12.5. The molecule has 4 aromatic rings. The molecule has 2 heterocycles. The predicted molar refractivity (Wildman–Crippen MR) is 120 cm³/mol. The average Bonchev–Trinajstić information content (AvgIpc) is 3.15. The van der Waals surface area contributed by atoms with Gasteiger partial charge in [-0.15, -0.1) is 0 Å². The molecular weight excluding hydrogens is 430 g/mol. The number of nitrogens with zero attached hydrogens (tertiary/aromatic N) is 1. The summed E-state index contributed by atoms with van der Waals surface area (Å²) in [6.45, 7) is 5.78. The van der Waals surface area contributed by atoms with Gasteiger partial charge in [0.25, 0.3) is 0 Å². The van der Waals surface area contributed by atoms with E-state index in [1.807, 2.05) is 39.2 Å². The minimum atomic E-state index is -3.85. The highest BCUT2D eigenvalue weighted by Gasteiger charge is 2.28. The Hall–Kier alpha value is -2.90. The number of aromatic nitrogens is 1. The van der Waals surface area contributed by atoms with E-state index in [9.17, 15) is 16.8 Å². The van der Waals surface area contributed by atoms with Crippen molar-refractivity contribution in [3.8, 4) is 0 Å². The van der Waals surface area contributed by atoms with Crippen LogP contribution in [0.5, 0.6) is 0 Å². The van der Waals surface area contributed by atoms with Gasteiger partial charge in [0.2, 0.25) is 19.7 Å². The maximum absolute atomic E-state index is 13.5. The third-order valence-electron chi connectivity index (χ3n) is 5.33. The summed E-state index contributed by atoms with van der Waals surface area (Å²) in [7, 11) is -7.57. The first-order valence-electron chi connectivity index (χ1n) is 9.89. The molecular formula is C24H23NO4S2. The standard InChI is InChI=1S/C24H23NO4S2/c1-17(2)22-16-25-15-5-4-6-23(25)24(22)31(28,29)21-13-11-20(12-14-21)30(26,27)19-9-7-18(3)8-10-19/h4-17H,1-3H3. The summed E-state index contributed by atoms with van der Waals surface area (Å²) in [5.74, 6) is 0.00543. The van der Waals surface area contributed by atoms with Crippen LogP contribution in [-0.2, 0) is 19.7 Å². The molecule has 160 valence electrons. The van der Waals surface area contributed by atoms with Crippen LogP contribution in [0.25, 0.3) is 5.52 Å². The van der Waals surface area contributed by atoms with E-state index in [-0.39, 0.29) is 25.5 Å². The predicted octanol–water partition coefficient (Wildman–Crippen LogP) is 5.04. The van der Waals surface area contributed by atoms with Gasteiger partial charge in [0.15, 0.2) is 0 Å². The van der Waals surface area contributed by atoms with Crippen LogP contribution in [0.1, 0.15) is 30.9 Å². The van der Waals surface area contributed by atoms with E-state index in [4.69, 9.17) is 0 Å². The van der Waals surface area contributed by atoms with E-state index in [2.05, 4.69) is 0 Å². The molecule has 0 aliphatic heterocycles. The van der Waals surface area contributed by atoms with Crippen LogP contribution in [0.2, 0.25) is 0 Å². The Balaban J connectivity index is 1.80. The summed E-state index contributed by atoms with van der Waals surface area (Å²) in [5, 5.41) is 0. The third-order valence-corrected chi connectivity index (χ3v) is 8.99. The van der Waals surface area contributed by atoms with Crippen LogP contribution in [0, 0.1) is 6.92 Å². The number of benzene rings is 2. The summed E-state index contributed by atoms with van der Waals surface area (Å²) < 4.78 is 54.7. The maximum Gasteiger partial charge on any atom is 0.209 e. The number of fused-ring (bicyclic) bond motifs is 1. The Morgan fingerprint density at radius 3 is 1.77 bits per heavy atom. The second-order valence-electron chi connectivity index (χ2n) is 7.85. The van der Waals surface area contributed by atoms with E-state index in [0.717, 1.165) is 11.1 Å². The molecule has 0 saturated heterocycles. The second-order valence-corrected chi connectivity index (χ2v) is 11.7. The number of pyridine rings is 1. The van der Waals surface area contributed by atoms with Crippen molar-refractivity contribution in [1.82, 2.24) is 4.40 Å². The topological polar surface area (TPSA) is 72.7 Å². The molecule has 0 fully saturated rings. The molecule has 0 radical (unpaired) electrons. The second kappa shape index (κ2) is 7.66. The van der Waals surface area contributed by atoms with Crippen LogP contribution < -0.4 is 0 Å². The molecule has 5 nitrogen and oxygen atoms in total.